The third-order valence-electron chi connectivity index (χ3n) is 3.50. The number of aliphatic imine (C=N–C) groups is 1. The number of halogens is 1. The molecule has 0 spiro atoms. The number of rotatable bonds is 6. The number of nitrogens with two attached hydrogens (primary N) is 1. The molecular weight excluding hydrogens is 485 g/mol. The number of guanidine groups is 1. The van der Waals surface area contributed by atoms with E-state index in [2.05, 4.69) is 39.8 Å². The fraction of sp³-hybridized carbons (Fsp3) is 0.375. The first-order chi connectivity index (χ1) is 11.8. The Morgan fingerprint density at radius 3 is 2.35 bits per heavy atom. The number of primary sulfonamides is 1. The molecule has 0 aliphatic rings. The van der Waals surface area contributed by atoms with Gasteiger partial charge in [0.05, 0.1) is 17.1 Å². The van der Waals surface area contributed by atoms with E-state index in [0.29, 0.717) is 25.0 Å². The van der Waals surface area contributed by atoms with Gasteiger partial charge in [-0.15, -0.1) is 35.3 Å². The third-order valence-corrected chi connectivity index (χ3v) is 5.30. The molecule has 1 aromatic heterocycles. The Morgan fingerprint density at radius 1 is 1.23 bits per heavy atom. The topological polar surface area (TPSA) is 109 Å². The summed E-state index contributed by atoms with van der Waals surface area (Å²) >= 11 is 1.62. The lowest BCUT2D eigenvalue weighted by atomic mass is 10.2. The van der Waals surface area contributed by atoms with Crippen LogP contribution in [-0.4, -0.2) is 26.4 Å². The standard InChI is InChI=1S/C16H23N5O2S2.HI/c1-11(2)14-10-24-15(21-14)9-20-16(18-3)19-8-12-4-6-13(7-5-12)25(17,22)23;/h4-7,10-11H,8-9H2,1-3H3,(H2,17,22,23)(H2,18,19,20);1H. The molecule has 0 saturated heterocycles. The van der Waals surface area contributed by atoms with Crippen LogP contribution < -0.4 is 15.8 Å². The Labute approximate surface area is 175 Å². The molecule has 0 amide bonds. The van der Waals surface area contributed by atoms with E-state index in [1.807, 2.05) is 0 Å². The highest BCUT2D eigenvalue weighted by Crippen LogP contribution is 2.17. The maximum Gasteiger partial charge on any atom is 0.238 e. The van der Waals surface area contributed by atoms with Crippen LogP contribution in [0.25, 0.3) is 0 Å². The average molecular weight is 509 g/mol. The predicted molar refractivity (Wildman–Crippen MR) is 116 cm³/mol. The van der Waals surface area contributed by atoms with E-state index in [9.17, 15) is 8.42 Å². The van der Waals surface area contributed by atoms with Crippen LogP contribution in [0.5, 0.6) is 0 Å². The van der Waals surface area contributed by atoms with E-state index < -0.39 is 10.0 Å². The molecule has 0 aliphatic heterocycles. The van der Waals surface area contributed by atoms with Gasteiger partial charge in [-0.3, -0.25) is 4.99 Å². The minimum absolute atomic E-state index is 0. The summed E-state index contributed by atoms with van der Waals surface area (Å²) in [6, 6.07) is 6.42. The molecule has 0 bridgehead atoms. The molecule has 0 saturated carbocycles. The second-order valence-electron chi connectivity index (χ2n) is 5.79. The smallest absolute Gasteiger partial charge is 0.238 e. The molecule has 0 fully saturated rings. The summed E-state index contributed by atoms with van der Waals surface area (Å²) in [7, 11) is -1.97. The Kier molecular flexibility index (Phi) is 8.93. The zero-order valence-electron chi connectivity index (χ0n) is 14.9. The van der Waals surface area contributed by atoms with Gasteiger partial charge in [0, 0.05) is 19.0 Å². The molecule has 7 nitrogen and oxygen atoms in total. The minimum Gasteiger partial charge on any atom is -0.352 e. The van der Waals surface area contributed by atoms with Gasteiger partial charge in [-0.25, -0.2) is 18.5 Å². The van der Waals surface area contributed by atoms with Crippen molar-refractivity contribution >= 4 is 51.3 Å². The van der Waals surface area contributed by atoms with Crippen LogP contribution in [0.4, 0.5) is 0 Å². The van der Waals surface area contributed by atoms with Gasteiger partial charge in [-0.05, 0) is 23.6 Å². The molecular formula is C16H24IN5O2S2. The maximum atomic E-state index is 11.2. The first-order valence-electron chi connectivity index (χ1n) is 7.80. The molecule has 1 heterocycles. The van der Waals surface area contributed by atoms with E-state index in [4.69, 9.17) is 5.14 Å². The van der Waals surface area contributed by atoms with Crippen molar-refractivity contribution in [3.63, 3.8) is 0 Å². The van der Waals surface area contributed by atoms with Crippen LogP contribution in [0.15, 0.2) is 39.5 Å². The third kappa shape index (κ3) is 6.82. The summed E-state index contributed by atoms with van der Waals surface area (Å²) in [5.74, 6) is 1.07. The van der Waals surface area contributed by atoms with Crippen molar-refractivity contribution in [2.75, 3.05) is 7.05 Å². The Bertz CT molecular complexity index is 833. The first kappa shape index (κ1) is 22.8. The van der Waals surface area contributed by atoms with Crippen LogP contribution >= 0.6 is 35.3 Å². The summed E-state index contributed by atoms with van der Waals surface area (Å²) in [5.41, 5.74) is 2.02. The predicted octanol–water partition coefficient (Wildman–Crippen LogP) is 2.40. The summed E-state index contributed by atoms with van der Waals surface area (Å²) < 4.78 is 22.5. The van der Waals surface area contributed by atoms with Gasteiger partial charge in [0.2, 0.25) is 10.0 Å². The number of hydrogen-bond donors (Lipinski definition) is 3. The van der Waals surface area contributed by atoms with Crippen LogP contribution in [-0.2, 0) is 23.1 Å². The van der Waals surface area contributed by atoms with Crippen molar-refractivity contribution in [3.8, 4) is 0 Å². The number of thiazole rings is 1. The maximum absolute atomic E-state index is 11.2. The van der Waals surface area contributed by atoms with E-state index in [-0.39, 0.29) is 28.9 Å². The zero-order valence-corrected chi connectivity index (χ0v) is 18.9. The van der Waals surface area contributed by atoms with E-state index in [1.54, 1.807) is 30.5 Å². The van der Waals surface area contributed by atoms with Crippen LogP contribution in [0.3, 0.4) is 0 Å². The zero-order chi connectivity index (χ0) is 18.4. The molecule has 1 aromatic carbocycles. The second kappa shape index (κ2) is 10.2. The Balaban J connectivity index is 0.00000338. The minimum atomic E-state index is -3.66. The quantitative estimate of drug-likeness (QED) is 0.315. The summed E-state index contributed by atoms with van der Waals surface area (Å²) in [6.45, 7) is 5.35. The van der Waals surface area contributed by atoms with Gasteiger partial charge in [0.15, 0.2) is 5.96 Å². The molecule has 4 N–H and O–H groups in total. The van der Waals surface area contributed by atoms with E-state index in [0.717, 1.165) is 16.3 Å². The summed E-state index contributed by atoms with van der Waals surface area (Å²) in [4.78, 5) is 8.84. The van der Waals surface area contributed by atoms with Crippen molar-refractivity contribution in [1.82, 2.24) is 15.6 Å². The van der Waals surface area contributed by atoms with Crippen molar-refractivity contribution in [2.24, 2.45) is 10.1 Å². The van der Waals surface area contributed by atoms with E-state index in [1.165, 1.54) is 12.1 Å². The van der Waals surface area contributed by atoms with Gasteiger partial charge >= 0.3 is 0 Å². The molecule has 0 atom stereocenters. The normalized spacial score (nSPS) is 12.0. The lowest BCUT2D eigenvalue weighted by molar-refractivity contribution is 0.597. The fourth-order valence-corrected chi connectivity index (χ4v) is 3.44. The molecule has 0 radical (unpaired) electrons. The Hall–Kier alpha value is -1.24. The number of sulfonamides is 1. The molecule has 144 valence electrons. The molecule has 2 aromatic rings. The molecule has 0 unspecified atom stereocenters. The van der Waals surface area contributed by atoms with Gasteiger partial charge in [0.25, 0.3) is 0 Å². The number of aromatic nitrogens is 1. The van der Waals surface area contributed by atoms with Crippen molar-refractivity contribution in [1.29, 1.82) is 0 Å². The van der Waals surface area contributed by atoms with Crippen molar-refractivity contribution in [2.45, 2.75) is 37.8 Å². The van der Waals surface area contributed by atoms with Crippen molar-refractivity contribution in [3.05, 3.63) is 45.9 Å². The molecule has 2 rings (SSSR count). The van der Waals surface area contributed by atoms with Crippen LogP contribution in [0.2, 0.25) is 0 Å². The van der Waals surface area contributed by atoms with E-state index >= 15 is 0 Å². The number of nitrogens with one attached hydrogen (secondary N) is 2. The van der Waals surface area contributed by atoms with Gasteiger partial charge in [0.1, 0.15) is 5.01 Å². The van der Waals surface area contributed by atoms with Crippen LogP contribution in [0, 0.1) is 0 Å². The largest absolute Gasteiger partial charge is 0.352 e. The summed E-state index contributed by atoms with van der Waals surface area (Å²) in [5, 5.41) is 14.6. The van der Waals surface area contributed by atoms with Crippen LogP contribution in [0.1, 0.15) is 36.0 Å². The molecule has 10 heteroatoms. The number of nitrogens with zero attached hydrogens (tertiary/aromatic N) is 2. The SMILES string of the molecule is CN=C(NCc1ccc(S(N)(=O)=O)cc1)NCc1nc(C(C)C)cs1.I. The second-order valence-corrected chi connectivity index (χ2v) is 8.29. The van der Waals surface area contributed by atoms with Gasteiger partial charge < -0.3 is 10.6 Å². The summed E-state index contributed by atoms with van der Waals surface area (Å²) in [6.07, 6.45) is 0. The lowest BCUT2D eigenvalue weighted by Crippen LogP contribution is -2.36. The fourth-order valence-electron chi connectivity index (χ4n) is 2.03. The number of benzene rings is 1. The Morgan fingerprint density at radius 2 is 1.85 bits per heavy atom. The van der Waals surface area contributed by atoms with Gasteiger partial charge in [-0.2, -0.15) is 0 Å². The van der Waals surface area contributed by atoms with Gasteiger partial charge in [-0.1, -0.05) is 26.0 Å². The highest BCUT2D eigenvalue weighted by Gasteiger charge is 2.08. The molecule has 26 heavy (non-hydrogen) atoms. The lowest BCUT2D eigenvalue weighted by Gasteiger charge is -2.11. The average Bonchev–Trinajstić information content (AvgIpc) is 3.04. The highest BCUT2D eigenvalue weighted by atomic mass is 127. The molecule has 0 aliphatic carbocycles. The highest BCUT2D eigenvalue weighted by molar-refractivity contribution is 14.0. The number of hydrogen-bond acceptors (Lipinski definition) is 5. The monoisotopic (exact) mass is 509 g/mol. The van der Waals surface area contributed by atoms with Crippen molar-refractivity contribution < 1.29 is 8.42 Å². The first-order valence-corrected chi connectivity index (χ1v) is 10.2.